The highest BCUT2D eigenvalue weighted by atomic mass is 16.2. The minimum Gasteiger partial charge on any atom is -0.341 e. The zero-order valence-corrected chi connectivity index (χ0v) is 15.6. The van der Waals surface area contributed by atoms with E-state index in [9.17, 15) is 4.79 Å². The van der Waals surface area contributed by atoms with Crippen LogP contribution in [0, 0.1) is 6.92 Å². The summed E-state index contributed by atoms with van der Waals surface area (Å²) in [5, 5.41) is 0. The number of likely N-dealkylation sites (tertiary alicyclic amines) is 1. The van der Waals surface area contributed by atoms with Crippen molar-refractivity contribution in [3.63, 3.8) is 0 Å². The van der Waals surface area contributed by atoms with Crippen molar-refractivity contribution >= 4 is 5.91 Å². The summed E-state index contributed by atoms with van der Waals surface area (Å²) in [4.78, 5) is 32.9. The number of aryl methyl sites for hydroxylation is 1. The Balaban J connectivity index is 1.66. The minimum atomic E-state index is 0.0892. The number of carbonyl (C=O) groups is 1. The molecule has 1 amide bonds. The van der Waals surface area contributed by atoms with Crippen molar-refractivity contribution in [2.75, 3.05) is 33.7 Å². The zero-order chi connectivity index (χ0) is 18.5. The third kappa shape index (κ3) is 4.35. The molecule has 0 radical (unpaired) electrons. The van der Waals surface area contributed by atoms with Crippen LogP contribution >= 0.6 is 0 Å². The summed E-state index contributed by atoms with van der Waals surface area (Å²) in [6, 6.07) is 0. The Morgan fingerprint density at radius 1 is 1.27 bits per heavy atom. The fourth-order valence-electron chi connectivity index (χ4n) is 3.21. The fraction of sp³-hybridized carbons (Fsp3) is 0.474. The predicted octanol–water partition coefficient (Wildman–Crippen LogP) is 2.00. The molecule has 0 bridgehead atoms. The number of amides is 1. The summed E-state index contributed by atoms with van der Waals surface area (Å²) in [5.41, 5.74) is 2.79. The third-order valence-electron chi connectivity index (χ3n) is 4.58. The van der Waals surface area contributed by atoms with Gasteiger partial charge in [-0.15, -0.1) is 0 Å². The van der Waals surface area contributed by atoms with Gasteiger partial charge in [0, 0.05) is 55.9 Å². The van der Waals surface area contributed by atoms with Crippen LogP contribution in [0.2, 0.25) is 0 Å². The van der Waals surface area contributed by atoms with Gasteiger partial charge in [-0.25, -0.2) is 9.97 Å². The van der Waals surface area contributed by atoms with Crippen LogP contribution in [0.25, 0.3) is 11.5 Å². The van der Waals surface area contributed by atoms with Crippen molar-refractivity contribution in [2.45, 2.75) is 25.7 Å². The third-order valence-corrected chi connectivity index (χ3v) is 4.58. The summed E-state index contributed by atoms with van der Waals surface area (Å²) in [5.74, 6) is 1.14. The molecule has 3 heterocycles. The number of piperidine rings is 1. The molecule has 0 aliphatic carbocycles. The lowest BCUT2D eigenvalue weighted by Crippen LogP contribution is -2.37. The number of nitrogens with zero attached hydrogens (tertiary/aromatic N) is 5. The molecule has 1 N–H and O–H groups in total. The second-order valence-electron chi connectivity index (χ2n) is 6.97. The number of imidazole rings is 1. The first kappa shape index (κ1) is 18.3. The molecule has 2 aromatic rings. The summed E-state index contributed by atoms with van der Waals surface area (Å²) < 4.78 is 0. The van der Waals surface area contributed by atoms with E-state index in [0.717, 1.165) is 55.4 Å². The van der Waals surface area contributed by atoms with E-state index in [2.05, 4.69) is 19.9 Å². The maximum Gasteiger partial charge on any atom is 0.246 e. The molecule has 7 heteroatoms. The van der Waals surface area contributed by atoms with E-state index in [1.165, 1.54) is 0 Å². The van der Waals surface area contributed by atoms with Gasteiger partial charge in [0.25, 0.3) is 0 Å². The molecule has 2 aromatic heterocycles. The number of nitrogens with one attached hydrogen (secondary N) is 1. The Kier molecular flexibility index (Phi) is 5.78. The topological polar surface area (TPSA) is 78.0 Å². The zero-order valence-electron chi connectivity index (χ0n) is 15.6. The van der Waals surface area contributed by atoms with Crippen molar-refractivity contribution in [1.82, 2.24) is 29.7 Å². The molecule has 7 nitrogen and oxygen atoms in total. The van der Waals surface area contributed by atoms with Gasteiger partial charge in [0.15, 0.2) is 5.82 Å². The molecule has 0 atom stereocenters. The lowest BCUT2D eigenvalue weighted by atomic mass is 9.91. The molecule has 26 heavy (non-hydrogen) atoms. The van der Waals surface area contributed by atoms with Crippen molar-refractivity contribution in [3.05, 3.63) is 42.1 Å². The number of H-pyrrole nitrogens is 1. The van der Waals surface area contributed by atoms with E-state index < -0.39 is 0 Å². The molecular weight excluding hydrogens is 328 g/mol. The Morgan fingerprint density at radius 3 is 2.65 bits per heavy atom. The maximum absolute atomic E-state index is 12.3. The van der Waals surface area contributed by atoms with Crippen molar-refractivity contribution in [1.29, 1.82) is 0 Å². The average molecular weight is 354 g/mol. The number of aromatic amines is 1. The fourth-order valence-corrected chi connectivity index (χ4v) is 3.21. The van der Waals surface area contributed by atoms with E-state index in [1.807, 2.05) is 36.9 Å². The largest absolute Gasteiger partial charge is 0.341 e. The Morgan fingerprint density at radius 2 is 2.00 bits per heavy atom. The number of aromatic nitrogens is 4. The molecular formula is C19H26N6O. The average Bonchev–Trinajstić information content (AvgIpc) is 3.08. The quantitative estimate of drug-likeness (QED) is 0.831. The highest BCUT2D eigenvalue weighted by Gasteiger charge is 2.26. The first-order chi connectivity index (χ1) is 12.5. The lowest BCUT2D eigenvalue weighted by Gasteiger charge is -2.31. The van der Waals surface area contributed by atoms with Crippen LogP contribution in [0.1, 0.15) is 30.1 Å². The molecule has 0 spiro atoms. The van der Waals surface area contributed by atoms with Crippen LogP contribution in [0.4, 0.5) is 0 Å². The number of hydrogen-bond donors (Lipinski definition) is 1. The highest BCUT2D eigenvalue weighted by molar-refractivity contribution is 5.87. The maximum atomic E-state index is 12.3. The molecule has 0 aromatic carbocycles. The predicted molar refractivity (Wildman–Crippen MR) is 101 cm³/mol. The number of hydrogen-bond acceptors (Lipinski definition) is 5. The van der Waals surface area contributed by atoms with Crippen molar-refractivity contribution in [2.24, 2.45) is 0 Å². The summed E-state index contributed by atoms with van der Waals surface area (Å²) in [7, 11) is 3.97. The molecule has 3 rings (SSSR count). The van der Waals surface area contributed by atoms with Gasteiger partial charge in [-0.1, -0.05) is 6.08 Å². The van der Waals surface area contributed by atoms with E-state index in [1.54, 1.807) is 24.7 Å². The molecule has 1 aliphatic rings. The van der Waals surface area contributed by atoms with Gasteiger partial charge in [0.2, 0.25) is 5.91 Å². The van der Waals surface area contributed by atoms with E-state index in [4.69, 9.17) is 0 Å². The van der Waals surface area contributed by atoms with Crippen molar-refractivity contribution < 1.29 is 4.79 Å². The van der Waals surface area contributed by atoms with Gasteiger partial charge in [0.05, 0.1) is 5.69 Å². The normalized spacial score (nSPS) is 15.9. The van der Waals surface area contributed by atoms with Crippen LogP contribution in [-0.4, -0.2) is 69.4 Å². The summed E-state index contributed by atoms with van der Waals surface area (Å²) in [6.45, 7) is 4.22. The standard InChI is InChI=1S/C19H26N6O/c1-14-13-22-19(23-14)18-17(20-8-9-21-18)15-6-11-25(12-7-15)16(26)5-4-10-24(2)3/h4-5,8-9,13,15H,6-7,10-12H2,1-3H3,(H,22,23)/b5-4+. The second-order valence-corrected chi connectivity index (χ2v) is 6.97. The number of carbonyl (C=O) groups excluding carboxylic acids is 1. The first-order valence-electron chi connectivity index (χ1n) is 8.97. The smallest absolute Gasteiger partial charge is 0.246 e. The van der Waals surface area contributed by atoms with E-state index in [0.29, 0.717) is 5.92 Å². The summed E-state index contributed by atoms with van der Waals surface area (Å²) in [6.07, 6.45) is 10.6. The SMILES string of the molecule is Cc1cnc(-c2nccnc2C2CCN(C(=O)/C=C/CN(C)C)CC2)[nH]1. The molecule has 138 valence electrons. The van der Waals surface area contributed by atoms with Gasteiger partial charge in [-0.3, -0.25) is 9.78 Å². The van der Waals surface area contributed by atoms with Crippen LogP contribution in [0.5, 0.6) is 0 Å². The van der Waals surface area contributed by atoms with E-state index in [-0.39, 0.29) is 5.91 Å². The van der Waals surface area contributed by atoms with Crippen molar-refractivity contribution in [3.8, 4) is 11.5 Å². The van der Waals surface area contributed by atoms with Gasteiger partial charge < -0.3 is 14.8 Å². The lowest BCUT2D eigenvalue weighted by molar-refractivity contribution is -0.127. The molecule has 1 saturated heterocycles. The Bertz CT molecular complexity index is 774. The van der Waals surface area contributed by atoms with Gasteiger partial charge in [0.1, 0.15) is 5.69 Å². The van der Waals surface area contributed by atoms with E-state index >= 15 is 0 Å². The van der Waals surface area contributed by atoms with Crippen LogP contribution in [0.3, 0.4) is 0 Å². The first-order valence-corrected chi connectivity index (χ1v) is 8.97. The molecule has 0 saturated carbocycles. The Hall–Kier alpha value is -2.54. The van der Waals surface area contributed by atoms with Gasteiger partial charge in [-0.2, -0.15) is 0 Å². The van der Waals surface area contributed by atoms with Gasteiger partial charge >= 0.3 is 0 Å². The summed E-state index contributed by atoms with van der Waals surface area (Å²) >= 11 is 0. The van der Waals surface area contributed by atoms with Crippen LogP contribution in [-0.2, 0) is 4.79 Å². The van der Waals surface area contributed by atoms with Gasteiger partial charge in [-0.05, 0) is 33.9 Å². The monoisotopic (exact) mass is 354 g/mol. The Labute approximate surface area is 154 Å². The molecule has 1 aliphatic heterocycles. The molecule has 1 fully saturated rings. The molecule has 0 unspecified atom stereocenters. The van der Waals surface area contributed by atoms with Crippen LogP contribution in [0.15, 0.2) is 30.7 Å². The van der Waals surface area contributed by atoms with Crippen LogP contribution < -0.4 is 0 Å². The highest BCUT2D eigenvalue weighted by Crippen LogP contribution is 2.31. The minimum absolute atomic E-state index is 0.0892. The second kappa shape index (κ2) is 8.23. The number of rotatable bonds is 5. The number of likely N-dealkylation sites (N-methyl/N-ethyl adjacent to an activating group) is 1.